The summed E-state index contributed by atoms with van der Waals surface area (Å²) < 4.78 is 66.8. The Labute approximate surface area is 154 Å². The molecule has 1 aromatic rings. The Bertz CT molecular complexity index is 798. The number of sulfone groups is 1. The molecule has 1 aliphatic heterocycles. The van der Waals surface area contributed by atoms with E-state index >= 15 is 0 Å². The highest BCUT2D eigenvalue weighted by molar-refractivity contribution is 7.92. The van der Waals surface area contributed by atoms with Gasteiger partial charge in [-0.25, -0.2) is 8.42 Å². The van der Waals surface area contributed by atoms with Crippen LogP contribution in [0.5, 0.6) is 0 Å². The molecule has 27 heavy (non-hydrogen) atoms. The van der Waals surface area contributed by atoms with Crippen LogP contribution in [0.25, 0.3) is 0 Å². The van der Waals surface area contributed by atoms with Gasteiger partial charge in [0.1, 0.15) is 5.69 Å². The van der Waals surface area contributed by atoms with E-state index in [0.717, 1.165) is 12.1 Å². The normalized spacial score (nSPS) is 18.3. The Morgan fingerprint density at radius 1 is 1.37 bits per heavy atom. The number of hydrogen-bond donors (Lipinski definition) is 0. The van der Waals surface area contributed by atoms with Crippen LogP contribution in [0, 0.1) is 10.1 Å². The average Bonchev–Trinajstić information content (AvgIpc) is 3.01. The molecule has 12 heteroatoms. The Hall–Kier alpha value is -1.92. The van der Waals surface area contributed by atoms with Crippen molar-refractivity contribution in [1.29, 1.82) is 0 Å². The zero-order chi connectivity index (χ0) is 20.4. The van der Waals surface area contributed by atoms with Crippen LogP contribution in [-0.4, -0.2) is 70.2 Å². The third-order valence-electron chi connectivity index (χ3n) is 4.14. The zero-order valence-electron chi connectivity index (χ0n) is 14.8. The summed E-state index contributed by atoms with van der Waals surface area (Å²) in [7, 11) is -1.87. The standard InChI is InChI=1S/C15H20F3N3O5S/c1-19(2)7-8-26-11-5-6-20(10-11)13-4-3-12(9-14(13)21(22)23)27(24,25)15(16,17)18/h3-4,9,11H,5-8,10H2,1-2H3/t11-/m0/s1. The summed E-state index contributed by atoms with van der Waals surface area (Å²) in [5.74, 6) is 0. The highest BCUT2D eigenvalue weighted by Crippen LogP contribution is 2.37. The second-order valence-corrected chi connectivity index (χ2v) is 8.33. The number of nitro groups is 1. The van der Waals surface area contributed by atoms with Crippen molar-refractivity contribution in [2.45, 2.75) is 22.9 Å². The first kappa shape index (κ1) is 21.4. The average molecular weight is 411 g/mol. The zero-order valence-corrected chi connectivity index (χ0v) is 15.6. The lowest BCUT2D eigenvalue weighted by atomic mass is 10.2. The van der Waals surface area contributed by atoms with Crippen LogP contribution in [0.15, 0.2) is 23.1 Å². The number of nitro benzene ring substituents is 1. The first-order valence-electron chi connectivity index (χ1n) is 8.04. The number of anilines is 1. The van der Waals surface area contributed by atoms with Gasteiger partial charge < -0.3 is 14.5 Å². The monoisotopic (exact) mass is 411 g/mol. The van der Waals surface area contributed by atoms with Gasteiger partial charge in [0.2, 0.25) is 0 Å². The molecule has 1 saturated heterocycles. The maximum atomic E-state index is 12.7. The van der Waals surface area contributed by atoms with Crippen molar-refractivity contribution in [2.24, 2.45) is 0 Å². The smallest absolute Gasteiger partial charge is 0.375 e. The molecule has 0 aromatic heterocycles. The summed E-state index contributed by atoms with van der Waals surface area (Å²) in [5.41, 5.74) is -6.14. The number of ether oxygens (including phenoxy) is 1. The van der Waals surface area contributed by atoms with Gasteiger partial charge in [-0.05, 0) is 32.6 Å². The molecule has 1 aliphatic rings. The fourth-order valence-electron chi connectivity index (χ4n) is 2.70. The van der Waals surface area contributed by atoms with Gasteiger partial charge in [0.15, 0.2) is 0 Å². The van der Waals surface area contributed by atoms with Crippen molar-refractivity contribution in [3.05, 3.63) is 28.3 Å². The first-order chi connectivity index (χ1) is 12.4. The molecule has 8 nitrogen and oxygen atoms in total. The lowest BCUT2D eigenvalue weighted by Gasteiger charge is -2.20. The number of halogens is 3. The second kappa shape index (κ2) is 7.98. The second-order valence-electron chi connectivity index (χ2n) is 6.39. The minimum Gasteiger partial charge on any atom is -0.375 e. The molecule has 0 saturated carbocycles. The van der Waals surface area contributed by atoms with Crippen LogP contribution < -0.4 is 4.90 Å². The van der Waals surface area contributed by atoms with Gasteiger partial charge in [0.05, 0.1) is 22.5 Å². The summed E-state index contributed by atoms with van der Waals surface area (Å²) in [4.78, 5) is 12.8. The maximum absolute atomic E-state index is 12.7. The number of alkyl halides is 3. The Morgan fingerprint density at radius 2 is 2.04 bits per heavy atom. The number of nitrogens with zero attached hydrogens (tertiary/aromatic N) is 3. The summed E-state index contributed by atoms with van der Waals surface area (Å²) in [6, 6.07) is 2.24. The van der Waals surface area contributed by atoms with Crippen molar-refractivity contribution in [3.8, 4) is 0 Å². The molecule has 0 unspecified atom stereocenters. The number of rotatable bonds is 7. The van der Waals surface area contributed by atoms with E-state index < -0.39 is 30.9 Å². The predicted molar refractivity (Wildman–Crippen MR) is 91.5 cm³/mol. The fourth-order valence-corrected chi connectivity index (χ4v) is 3.48. The fraction of sp³-hybridized carbons (Fsp3) is 0.600. The van der Waals surface area contributed by atoms with E-state index in [1.54, 1.807) is 4.90 Å². The molecule has 0 N–H and O–H groups in total. The number of hydrogen-bond acceptors (Lipinski definition) is 7. The minimum absolute atomic E-state index is 0.0693. The van der Waals surface area contributed by atoms with Crippen LogP contribution in [0.3, 0.4) is 0 Å². The third kappa shape index (κ3) is 4.87. The Kier molecular flexibility index (Phi) is 6.32. The molecular weight excluding hydrogens is 391 g/mol. The van der Waals surface area contributed by atoms with E-state index in [1.165, 1.54) is 0 Å². The van der Waals surface area contributed by atoms with E-state index in [-0.39, 0.29) is 11.8 Å². The van der Waals surface area contributed by atoms with Crippen LogP contribution in [0.1, 0.15) is 6.42 Å². The van der Waals surface area contributed by atoms with E-state index in [4.69, 9.17) is 4.74 Å². The third-order valence-corrected chi connectivity index (χ3v) is 5.62. The molecule has 0 aliphatic carbocycles. The van der Waals surface area contributed by atoms with Crippen molar-refractivity contribution >= 4 is 21.2 Å². The molecule has 1 heterocycles. The molecule has 152 valence electrons. The molecule has 0 radical (unpaired) electrons. The van der Waals surface area contributed by atoms with E-state index in [0.29, 0.717) is 38.7 Å². The molecule has 1 fully saturated rings. The van der Waals surface area contributed by atoms with Crippen LogP contribution >= 0.6 is 0 Å². The van der Waals surface area contributed by atoms with Gasteiger partial charge >= 0.3 is 5.51 Å². The SMILES string of the molecule is CN(C)CCO[C@H]1CCN(c2ccc(S(=O)(=O)C(F)(F)F)cc2[N+](=O)[O-])C1. The van der Waals surface area contributed by atoms with E-state index in [1.807, 2.05) is 19.0 Å². The lowest BCUT2D eigenvalue weighted by molar-refractivity contribution is -0.384. The van der Waals surface area contributed by atoms with Crippen molar-refractivity contribution in [2.75, 3.05) is 45.2 Å². The predicted octanol–water partition coefficient (Wildman–Crippen LogP) is 2.05. The molecular formula is C15H20F3N3O5S. The molecule has 1 atom stereocenters. The van der Waals surface area contributed by atoms with Gasteiger partial charge in [0, 0.05) is 25.7 Å². The van der Waals surface area contributed by atoms with Crippen LogP contribution in [-0.2, 0) is 14.6 Å². The Balaban J connectivity index is 2.22. The molecule has 0 spiro atoms. The number of likely N-dealkylation sites (N-methyl/N-ethyl adjacent to an activating group) is 1. The largest absolute Gasteiger partial charge is 0.501 e. The molecule has 0 bridgehead atoms. The summed E-state index contributed by atoms with van der Waals surface area (Å²) >= 11 is 0. The molecule has 2 rings (SSSR count). The van der Waals surface area contributed by atoms with Crippen molar-refractivity contribution < 1.29 is 31.2 Å². The Morgan fingerprint density at radius 3 is 2.59 bits per heavy atom. The van der Waals surface area contributed by atoms with Crippen molar-refractivity contribution in [1.82, 2.24) is 4.90 Å². The molecule has 1 aromatic carbocycles. The first-order valence-corrected chi connectivity index (χ1v) is 9.53. The highest BCUT2D eigenvalue weighted by Gasteiger charge is 2.47. The van der Waals surface area contributed by atoms with Crippen molar-refractivity contribution in [3.63, 3.8) is 0 Å². The van der Waals surface area contributed by atoms with Gasteiger partial charge in [-0.15, -0.1) is 0 Å². The quantitative estimate of drug-likeness (QED) is 0.501. The summed E-state index contributed by atoms with van der Waals surface area (Å²) in [6.07, 6.45) is 0.441. The number of benzene rings is 1. The maximum Gasteiger partial charge on any atom is 0.501 e. The minimum atomic E-state index is -5.66. The molecule has 0 amide bonds. The van der Waals surface area contributed by atoms with Gasteiger partial charge in [-0.1, -0.05) is 0 Å². The van der Waals surface area contributed by atoms with Crippen LogP contribution in [0.4, 0.5) is 24.5 Å². The topological polar surface area (TPSA) is 93.0 Å². The lowest BCUT2D eigenvalue weighted by Crippen LogP contribution is -2.27. The van der Waals surface area contributed by atoms with E-state index in [9.17, 15) is 31.7 Å². The highest BCUT2D eigenvalue weighted by atomic mass is 32.2. The van der Waals surface area contributed by atoms with E-state index in [2.05, 4.69) is 0 Å². The van der Waals surface area contributed by atoms with Gasteiger partial charge in [-0.2, -0.15) is 13.2 Å². The van der Waals surface area contributed by atoms with Gasteiger partial charge in [0.25, 0.3) is 15.5 Å². The summed E-state index contributed by atoms with van der Waals surface area (Å²) in [6.45, 7) is 1.94. The summed E-state index contributed by atoms with van der Waals surface area (Å²) in [5, 5.41) is 11.3. The van der Waals surface area contributed by atoms with Crippen LogP contribution in [0.2, 0.25) is 0 Å². The van der Waals surface area contributed by atoms with Gasteiger partial charge in [-0.3, -0.25) is 10.1 Å².